The van der Waals surface area contributed by atoms with Crippen molar-refractivity contribution in [2.75, 3.05) is 7.11 Å². The van der Waals surface area contributed by atoms with E-state index in [1.165, 1.54) is 13.3 Å². The molecule has 1 heterocycles. The van der Waals surface area contributed by atoms with Crippen LogP contribution in [0.4, 0.5) is 8.78 Å². The first-order chi connectivity index (χ1) is 7.47. The Morgan fingerprint density at radius 3 is 2.81 bits per heavy atom. The molecule has 0 N–H and O–H groups in total. The first-order valence-electron chi connectivity index (χ1n) is 4.15. The number of hydrogen-bond acceptors (Lipinski definition) is 3. The number of hydrogen-bond donors (Lipinski definition) is 0. The molecule has 88 valence electrons. The number of carbonyl (C=O) groups is 1. The molecule has 1 rings (SSSR count). The van der Waals surface area contributed by atoms with Crippen LogP contribution in [0.25, 0.3) is 0 Å². The molecule has 0 radical (unpaired) electrons. The minimum atomic E-state index is -2.66. The van der Waals surface area contributed by atoms with E-state index in [0.29, 0.717) is 3.70 Å². The molecule has 0 saturated carbocycles. The number of esters is 1. The molecule has 0 unspecified atom stereocenters. The minimum Gasteiger partial charge on any atom is -0.469 e. The summed E-state index contributed by atoms with van der Waals surface area (Å²) in [6, 6.07) is 0. The Morgan fingerprint density at radius 1 is 1.69 bits per heavy atom. The molecule has 7 heteroatoms. The van der Waals surface area contributed by atoms with Crippen molar-refractivity contribution in [3.8, 4) is 0 Å². The fourth-order valence-corrected chi connectivity index (χ4v) is 2.27. The Labute approximate surface area is 113 Å². The maximum Gasteiger partial charge on any atom is 0.310 e. The molecule has 0 bridgehead atoms. The molecule has 0 fully saturated rings. The molecule has 0 aliphatic rings. The van der Waals surface area contributed by atoms with Gasteiger partial charge in [-0.15, -0.1) is 0 Å². The zero-order valence-electron chi connectivity index (χ0n) is 8.14. The maximum absolute atomic E-state index is 12.8. The van der Waals surface area contributed by atoms with Crippen LogP contribution in [0.5, 0.6) is 0 Å². The summed E-state index contributed by atoms with van der Waals surface area (Å²) in [6.45, 7) is 0. The average Bonchev–Trinajstić information content (AvgIpc) is 2.22. The highest BCUT2D eigenvalue weighted by atomic mass is 127. The standard InChI is InChI=1S/C9H7BrF2INO2/c1-16-6(15)2-4-7(8(11)12)5(10)3-14-9(4)13/h3,8H,2H2,1H3. The van der Waals surface area contributed by atoms with E-state index in [4.69, 9.17) is 0 Å². The first kappa shape index (κ1) is 13.8. The van der Waals surface area contributed by atoms with Gasteiger partial charge in [-0.3, -0.25) is 4.79 Å². The molecule has 0 amide bonds. The van der Waals surface area contributed by atoms with Gasteiger partial charge in [-0.25, -0.2) is 13.8 Å². The second kappa shape index (κ2) is 5.85. The minimum absolute atomic E-state index is 0.196. The lowest BCUT2D eigenvalue weighted by molar-refractivity contribution is -0.139. The number of rotatable bonds is 3. The fraction of sp³-hybridized carbons (Fsp3) is 0.333. The topological polar surface area (TPSA) is 39.2 Å². The Morgan fingerprint density at radius 2 is 2.31 bits per heavy atom. The largest absolute Gasteiger partial charge is 0.469 e. The lowest BCUT2D eigenvalue weighted by Crippen LogP contribution is -2.10. The molecule has 0 aliphatic carbocycles. The van der Waals surface area contributed by atoms with Crippen molar-refractivity contribution < 1.29 is 18.3 Å². The van der Waals surface area contributed by atoms with Crippen molar-refractivity contribution in [1.82, 2.24) is 4.98 Å². The molecular formula is C9H7BrF2INO2. The molecule has 0 atom stereocenters. The molecule has 0 aliphatic heterocycles. The lowest BCUT2D eigenvalue weighted by Gasteiger charge is -2.11. The number of pyridine rings is 1. The Kier molecular flexibility index (Phi) is 5.03. The fourth-order valence-electron chi connectivity index (χ4n) is 1.14. The van der Waals surface area contributed by atoms with Crippen LogP contribution in [-0.4, -0.2) is 18.1 Å². The van der Waals surface area contributed by atoms with Gasteiger partial charge >= 0.3 is 5.97 Å². The van der Waals surface area contributed by atoms with Crippen molar-refractivity contribution in [2.24, 2.45) is 0 Å². The van der Waals surface area contributed by atoms with Crippen LogP contribution in [0.3, 0.4) is 0 Å². The van der Waals surface area contributed by atoms with Crippen molar-refractivity contribution in [3.05, 3.63) is 25.5 Å². The number of carbonyl (C=O) groups excluding carboxylic acids is 1. The van der Waals surface area contributed by atoms with Crippen molar-refractivity contribution in [3.63, 3.8) is 0 Å². The predicted molar refractivity (Wildman–Crippen MR) is 65.3 cm³/mol. The number of nitrogens with zero attached hydrogens (tertiary/aromatic N) is 1. The molecule has 0 aromatic carbocycles. The summed E-state index contributed by atoms with van der Waals surface area (Å²) >= 11 is 4.81. The molecule has 3 nitrogen and oxygen atoms in total. The number of aromatic nitrogens is 1. The van der Waals surface area contributed by atoms with E-state index in [0.717, 1.165) is 0 Å². The highest BCUT2D eigenvalue weighted by Gasteiger charge is 2.22. The van der Waals surface area contributed by atoms with E-state index in [2.05, 4.69) is 25.7 Å². The highest BCUT2D eigenvalue weighted by molar-refractivity contribution is 14.1. The summed E-state index contributed by atoms with van der Waals surface area (Å²) in [5.74, 6) is -0.570. The molecule has 1 aromatic heterocycles. The SMILES string of the molecule is COC(=O)Cc1c(I)ncc(Br)c1C(F)F. The molecule has 1 aromatic rings. The molecule has 0 saturated heterocycles. The van der Waals surface area contributed by atoms with E-state index in [1.54, 1.807) is 0 Å². The molecular weight excluding hydrogens is 399 g/mol. The summed E-state index contributed by atoms with van der Waals surface area (Å²) in [5, 5.41) is 0. The van der Waals surface area contributed by atoms with Crippen LogP contribution in [0, 0.1) is 3.70 Å². The highest BCUT2D eigenvalue weighted by Crippen LogP contribution is 2.32. The third-order valence-electron chi connectivity index (χ3n) is 1.89. The van der Waals surface area contributed by atoms with Crippen LogP contribution < -0.4 is 0 Å². The van der Waals surface area contributed by atoms with Gasteiger partial charge in [0.1, 0.15) is 3.70 Å². The van der Waals surface area contributed by atoms with Crippen LogP contribution in [0.1, 0.15) is 17.6 Å². The van der Waals surface area contributed by atoms with E-state index in [1.807, 2.05) is 22.6 Å². The van der Waals surface area contributed by atoms with Crippen molar-refractivity contribution >= 4 is 44.5 Å². The second-order valence-corrected chi connectivity index (χ2v) is 4.72. The zero-order chi connectivity index (χ0) is 12.3. The van der Waals surface area contributed by atoms with Gasteiger partial charge in [-0.1, -0.05) is 0 Å². The van der Waals surface area contributed by atoms with E-state index >= 15 is 0 Å². The summed E-state index contributed by atoms with van der Waals surface area (Å²) in [5.41, 5.74) is 0.00150. The average molecular weight is 406 g/mol. The third-order valence-corrected chi connectivity index (χ3v) is 3.45. The van der Waals surface area contributed by atoms with E-state index in [9.17, 15) is 13.6 Å². The van der Waals surface area contributed by atoms with Gasteiger partial charge in [-0.05, 0) is 38.5 Å². The Balaban J connectivity index is 3.23. The second-order valence-electron chi connectivity index (χ2n) is 2.84. The van der Waals surface area contributed by atoms with E-state index in [-0.39, 0.29) is 22.0 Å². The Hall–Kier alpha value is -0.310. The van der Waals surface area contributed by atoms with Gasteiger partial charge in [-0.2, -0.15) is 0 Å². The van der Waals surface area contributed by atoms with Crippen LogP contribution in [0.15, 0.2) is 10.7 Å². The molecule has 0 spiro atoms. The van der Waals surface area contributed by atoms with E-state index < -0.39 is 12.4 Å². The number of ether oxygens (including phenoxy) is 1. The van der Waals surface area contributed by atoms with Gasteiger partial charge in [0.15, 0.2) is 0 Å². The summed E-state index contributed by atoms with van der Waals surface area (Å²) in [6.07, 6.45) is -1.57. The number of methoxy groups -OCH3 is 1. The maximum atomic E-state index is 12.8. The van der Waals surface area contributed by atoms with Gasteiger partial charge in [0.05, 0.1) is 13.5 Å². The summed E-state index contributed by atoms with van der Waals surface area (Å²) in [7, 11) is 1.21. The van der Waals surface area contributed by atoms with Gasteiger partial charge in [0.2, 0.25) is 0 Å². The van der Waals surface area contributed by atoms with Gasteiger partial charge in [0, 0.05) is 21.8 Å². The lowest BCUT2D eigenvalue weighted by atomic mass is 10.1. The van der Waals surface area contributed by atoms with Crippen LogP contribution in [0.2, 0.25) is 0 Å². The summed E-state index contributed by atoms with van der Waals surface area (Å²) in [4.78, 5) is 15.0. The normalized spacial score (nSPS) is 10.6. The van der Waals surface area contributed by atoms with Gasteiger partial charge in [0.25, 0.3) is 6.43 Å². The number of halogens is 4. The third kappa shape index (κ3) is 3.09. The number of alkyl halides is 2. The molecule has 16 heavy (non-hydrogen) atoms. The van der Waals surface area contributed by atoms with Crippen LogP contribution in [-0.2, 0) is 16.0 Å². The quantitative estimate of drug-likeness (QED) is 0.440. The Bertz CT molecular complexity index is 415. The van der Waals surface area contributed by atoms with Gasteiger partial charge < -0.3 is 4.74 Å². The van der Waals surface area contributed by atoms with Crippen molar-refractivity contribution in [2.45, 2.75) is 12.8 Å². The van der Waals surface area contributed by atoms with Crippen molar-refractivity contribution in [1.29, 1.82) is 0 Å². The smallest absolute Gasteiger partial charge is 0.310 e. The monoisotopic (exact) mass is 405 g/mol. The van der Waals surface area contributed by atoms with Crippen LogP contribution >= 0.6 is 38.5 Å². The zero-order valence-corrected chi connectivity index (χ0v) is 11.9. The predicted octanol–water partition coefficient (Wildman–Crippen LogP) is 3.10. The summed E-state index contributed by atoms with van der Waals surface area (Å²) < 4.78 is 30.6. The first-order valence-corrected chi connectivity index (χ1v) is 6.02.